The average molecular weight is 319 g/mol. The molecule has 0 spiro atoms. The molecule has 0 aliphatic rings. The monoisotopic (exact) mass is 319 g/mol. The van der Waals surface area contributed by atoms with Gasteiger partial charge in [0.15, 0.2) is 11.5 Å². The molecule has 0 bridgehead atoms. The molecule has 0 saturated carbocycles. The van der Waals surface area contributed by atoms with E-state index < -0.39 is 0 Å². The second-order valence-electron chi connectivity index (χ2n) is 6.34. The molecule has 1 rings (SSSR count). The van der Waals surface area contributed by atoms with Crippen molar-refractivity contribution in [2.24, 2.45) is 0 Å². The molecule has 0 fully saturated rings. The van der Waals surface area contributed by atoms with Crippen molar-refractivity contribution in [3.8, 4) is 11.5 Å². The number of hydrogen-bond acceptors (Lipinski definition) is 3. The van der Waals surface area contributed by atoms with Crippen LogP contribution in [0.25, 0.3) is 6.08 Å². The summed E-state index contributed by atoms with van der Waals surface area (Å²) in [4.78, 5) is 14.2. The Balaban J connectivity index is 2.94. The summed E-state index contributed by atoms with van der Waals surface area (Å²) in [5, 5.41) is 0. The highest BCUT2D eigenvalue weighted by molar-refractivity contribution is 5.92. The van der Waals surface area contributed by atoms with Crippen LogP contribution in [0.15, 0.2) is 24.3 Å². The molecule has 0 saturated heterocycles. The predicted molar refractivity (Wildman–Crippen MR) is 94.9 cm³/mol. The van der Waals surface area contributed by atoms with E-state index in [-0.39, 0.29) is 24.1 Å². The first-order chi connectivity index (χ1) is 10.8. The number of benzene rings is 1. The van der Waals surface area contributed by atoms with Crippen molar-refractivity contribution < 1.29 is 14.3 Å². The van der Waals surface area contributed by atoms with Crippen LogP contribution in [-0.4, -0.2) is 36.1 Å². The van der Waals surface area contributed by atoms with E-state index in [9.17, 15) is 4.79 Å². The molecule has 1 aromatic rings. The van der Waals surface area contributed by atoms with Gasteiger partial charge in [-0.1, -0.05) is 6.07 Å². The highest BCUT2D eigenvalue weighted by Gasteiger charge is 2.17. The fourth-order valence-electron chi connectivity index (χ4n) is 2.50. The second-order valence-corrected chi connectivity index (χ2v) is 6.34. The minimum Gasteiger partial charge on any atom is -0.493 e. The predicted octanol–water partition coefficient (Wildman–Crippen LogP) is 4.14. The number of carbonyl (C=O) groups excluding carboxylic acids is 1. The Labute approximate surface area is 140 Å². The van der Waals surface area contributed by atoms with E-state index in [1.165, 1.54) is 0 Å². The zero-order valence-corrected chi connectivity index (χ0v) is 15.3. The largest absolute Gasteiger partial charge is 0.493 e. The number of methoxy groups -OCH3 is 1. The van der Waals surface area contributed by atoms with Gasteiger partial charge in [-0.15, -0.1) is 0 Å². The fourth-order valence-corrected chi connectivity index (χ4v) is 2.50. The molecule has 0 aliphatic carbocycles. The third-order valence-corrected chi connectivity index (χ3v) is 3.34. The zero-order valence-electron chi connectivity index (χ0n) is 15.3. The Kier molecular flexibility index (Phi) is 7.14. The molecular weight excluding hydrogens is 290 g/mol. The van der Waals surface area contributed by atoms with Gasteiger partial charge in [0.1, 0.15) is 0 Å². The van der Waals surface area contributed by atoms with Gasteiger partial charge in [-0.25, -0.2) is 0 Å². The van der Waals surface area contributed by atoms with E-state index in [4.69, 9.17) is 9.47 Å². The Hall–Kier alpha value is -1.97. The van der Waals surface area contributed by atoms with E-state index in [1.807, 2.05) is 70.7 Å². The van der Waals surface area contributed by atoms with E-state index >= 15 is 0 Å². The van der Waals surface area contributed by atoms with Gasteiger partial charge >= 0.3 is 0 Å². The maximum Gasteiger partial charge on any atom is 0.247 e. The molecule has 0 N–H and O–H groups in total. The molecule has 0 radical (unpaired) electrons. The smallest absolute Gasteiger partial charge is 0.247 e. The van der Waals surface area contributed by atoms with Crippen molar-refractivity contribution in [3.63, 3.8) is 0 Å². The van der Waals surface area contributed by atoms with Crippen LogP contribution in [0.1, 0.15) is 47.1 Å². The van der Waals surface area contributed by atoms with Crippen LogP contribution >= 0.6 is 0 Å². The Bertz CT molecular complexity index is 540. The molecule has 0 heterocycles. The van der Waals surface area contributed by atoms with Crippen molar-refractivity contribution in [3.05, 3.63) is 29.8 Å². The normalized spacial score (nSPS) is 11.6. The lowest BCUT2D eigenvalue weighted by atomic mass is 10.1. The fraction of sp³-hybridized carbons (Fsp3) is 0.526. The molecule has 23 heavy (non-hydrogen) atoms. The highest BCUT2D eigenvalue weighted by Crippen LogP contribution is 2.29. The van der Waals surface area contributed by atoms with Crippen LogP contribution in [0.4, 0.5) is 0 Å². The molecular formula is C19H29NO3. The lowest BCUT2D eigenvalue weighted by Crippen LogP contribution is -2.41. The summed E-state index contributed by atoms with van der Waals surface area (Å²) in [7, 11) is 1.61. The number of nitrogens with zero attached hydrogens (tertiary/aromatic N) is 1. The highest BCUT2D eigenvalue weighted by atomic mass is 16.5. The van der Waals surface area contributed by atoms with Crippen LogP contribution in [0.2, 0.25) is 0 Å². The number of ether oxygens (including phenoxy) is 2. The average Bonchev–Trinajstić information content (AvgIpc) is 2.44. The van der Waals surface area contributed by atoms with Crippen LogP contribution in [-0.2, 0) is 4.79 Å². The second kappa shape index (κ2) is 8.61. The third-order valence-electron chi connectivity index (χ3n) is 3.34. The Morgan fingerprint density at radius 1 is 1.04 bits per heavy atom. The van der Waals surface area contributed by atoms with Gasteiger partial charge in [0, 0.05) is 18.2 Å². The summed E-state index contributed by atoms with van der Waals surface area (Å²) in [6.45, 7) is 12.0. The van der Waals surface area contributed by atoms with Gasteiger partial charge < -0.3 is 14.4 Å². The van der Waals surface area contributed by atoms with Gasteiger partial charge in [-0.3, -0.25) is 4.79 Å². The summed E-state index contributed by atoms with van der Waals surface area (Å²) in [6.07, 6.45) is 3.50. The van der Waals surface area contributed by atoms with Crippen LogP contribution < -0.4 is 9.47 Å². The number of carbonyl (C=O) groups is 1. The van der Waals surface area contributed by atoms with Gasteiger partial charge in [0.05, 0.1) is 13.2 Å². The van der Waals surface area contributed by atoms with Crippen molar-refractivity contribution >= 4 is 12.0 Å². The van der Waals surface area contributed by atoms with Gasteiger partial charge in [0.2, 0.25) is 5.91 Å². The zero-order chi connectivity index (χ0) is 17.6. The van der Waals surface area contributed by atoms with E-state index in [1.54, 1.807) is 13.2 Å². The van der Waals surface area contributed by atoms with Gasteiger partial charge in [0.25, 0.3) is 0 Å². The molecule has 1 aromatic carbocycles. The number of rotatable bonds is 7. The quantitative estimate of drug-likeness (QED) is 0.709. The summed E-state index contributed by atoms with van der Waals surface area (Å²) in [5.41, 5.74) is 0.902. The first-order valence-electron chi connectivity index (χ1n) is 8.11. The number of hydrogen-bond donors (Lipinski definition) is 0. The summed E-state index contributed by atoms with van der Waals surface area (Å²) >= 11 is 0. The maximum atomic E-state index is 12.3. The molecule has 4 nitrogen and oxygen atoms in total. The maximum absolute atomic E-state index is 12.3. The Morgan fingerprint density at radius 3 is 2.13 bits per heavy atom. The first-order valence-corrected chi connectivity index (χ1v) is 8.11. The van der Waals surface area contributed by atoms with Crippen LogP contribution in [0.3, 0.4) is 0 Å². The molecule has 1 amide bonds. The van der Waals surface area contributed by atoms with Crippen molar-refractivity contribution in [2.45, 2.75) is 59.7 Å². The molecule has 0 unspecified atom stereocenters. The van der Waals surface area contributed by atoms with Crippen LogP contribution in [0, 0.1) is 0 Å². The lowest BCUT2D eigenvalue weighted by molar-refractivity contribution is -0.129. The molecule has 4 heteroatoms. The standard InChI is InChI=1S/C19H29NO3/c1-13(2)20(14(3)4)19(21)11-9-16-8-10-17(23-15(5)6)18(12-16)22-7/h8-15H,1-7H3/b11-9+. The van der Waals surface area contributed by atoms with Crippen LogP contribution in [0.5, 0.6) is 11.5 Å². The molecule has 0 atom stereocenters. The number of amides is 1. The van der Waals surface area contributed by atoms with Gasteiger partial charge in [-0.05, 0) is 65.3 Å². The topological polar surface area (TPSA) is 38.8 Å². The lowest BCUT2D eigenvalue weighted by Gasteiger charge is -2.29. The third kappa shape index (κ3) is 5.62. The first kappa shape index (κ1) is 19.1. The molecule has 128 valence electrons. The van der Waals surface area contributed by atoms with E-state index in [2.05, 4.69) is 0 Å². The molecule has 0 aliphatic heterocycles. The minimum atomic E-state index is 0.0106. The summed E-state index contributed by atoms with van der Waals surface area (Å²) < 4.78 is 11.1. The van der Waals surface area contributed by atoms with Crippen molar-refractivity contribution in [1.82, 2.24) is 4.90 Å². The summed E-state index contributed by atoms with van der Waals surface area (Å²) in [5.74, 6) is 1.38. The Morgan fingerprint density at radius 2 is 1.65 bits per heavy atom. The van der Waals surface area contributed by atoms with E-state index in [0.29, 0.717) is 11.5 Å². The van der Waals surface area contributed by atoms with Gasteiger partial charge in [-0.2, -0.15) is 0 Å². The minimum absolute atomic E-state index is 0.0106. The SMILES string of the molecule is COc1cc(/C=C/C(=O)N(C(C)C)C(C)C)ccc1OC(C)C. The van der Waals surface area contributed by atoms with E-state index in [0.717, 1.165) is 5.56 Å². The van der Waals surface area contributed by atoms with Crippen molar-refractivity contribution in [1.29, 1.82) is 0 Å². The van der Waals surface area contributed by atoms with Crippen molar-refractivity contribution in [2.75, 3.05) is 7.11 Å². The summed E-state index contributed by atoms with van der Waals surface area (Å²) in [6, 6.07) is 5.99. The molecule has 0 aromatic heterocycles.